The summed E-state index contributed by atoms with van der Waals surface area (Å²) in [7, 11) is -0.970. The second-order valence-corrected chi connectivity index (χ2v) is 11.8. The second-order valence-electron chi connectivity index (χ2n) is 7.02. The molecule has 1 heterocycles. The van der Waals surface area contributed by atoms with Gasteiger partial charge in [-0.3, -0.25) is 9.59 Å². The molecule has 2 atom stereocenters. The normalized spacial score (nSPS) is 26.7. The van der Waals surface area contributed by atoms with Crippen molar-refractivity contribution >= 4 is 26.0 Å². The van der Waals surface area contributed by atoms with E-state index in [0.717, 1.165) is 0 Å². The summed E-state index contributed by atoms with van der Waals surface area (Å²) in [4.78, 5) is 36.2. The molecule has 0 aromatic heterocycles. The number of rotatable bonds is 4. The Hall–Kier alpha value is -1.21. The van der Waals surface area contributed by atoms with E-state index in [1.54, 1.807) is 0 Å². The number of ether oxygens (including phenoxy) is 1. The van der Waals surface area contributed by atoms with E-state index in [1.807, 2.05) is 13.1 Å². The zero-order valence-corrected chi connectivity index (χ0v) is 14.8. The Morgan fingerprint density at radius 2 is 1.86 bits per heavy atom. The van der Waals surface area contributed by atoms with Crippen molar-refractivity contribution < 1.29 is 23.5 Å². The molecule has 0 bridgehead atoms. The smallest absolute Gasteiger partial charge is 0.341 e. The summed E-state index contributed by atoms with van der Waals surface area (Å²) in [5.74, 6) is -2.60. The summed E-state index contributed by atoms with van der Waals surface area (Å²) in [6, 6.07) is 0. The maximum absolute atomic E-state index is 12.4. The minimum absolute atomic E-state index is 0.0679. The molecule has 0 aliphatic carbocycles. The van der Waals surface area contributed by atoms with E-state index in [1.165, 1.54) is 14.0 Å². The van der Waals surface area contributed by atoms with Gasteiger partial charge in [0.2, 0.25) is 11.4 Å². The first-order chi connectivity index (χ1) is 9.39. The van der Waals surface area contributed by atoms with Crippen LogP contribution in [0.15, 0.2) is 0 Å². The monoisotopic (exact) mass is 315 g/mol. The Morgan fingerprint density at radius 1 is 1.33 bits per heavy atom. The van der Waals surface area contributed by atoms with Crippen molar-refractivity contribution in [3.05, 3.63) is 0 Å². The zero-order chi connectivity index (χ0) is 16.6. The van der Waals surface area contributed by atoms with Gasteiger partial charge in [-0.25, -0.2) is 4.79 Å². The Bertz CT molecular complexity index is 468. The van der Waals surface area contributed by atoms with Crippen LogP contribution in [0.2, 0.25) is 18.1 Å². The van der Waals surface area contributed by atoms with Crippen LogP contribution in [-0.2, 0) is 23.5 Å². The van der Waals surface area contributed by atoms with Crippen LogP contribution in [0.5, 0.6) is 0 Å². The summed E-state index contributed by atoms with van der Waals surface area (Å²) in [6.07, 6.45) is 0. The van der Waals surface area contributed by atoms with E-state index in [0.29, 0.717) is 0 Å². The van der Waals surface area contributed by atoms with Crippen LogP contribution in [0.1, 0.15) is 27.7 Å². The standard InChI is InChI=1S/C14H25NO5Si/c1-9-10(16)14(12(18)19-5,15-11(9)17)8-20-21(6,7)13(2,3)4/h9H,8H2,1-7H3,(H,15,17)/t9?,14-/m1/s1. The summed E-state index contributed by atoms with van der Waals surface area (Å²) in [6.45, 7) is 11.5. The van der Waals surface area contributed by atoms with E-state index in [2.05, 4.69) is 26.1 Å². The molecule has 0 aromatic carbocycles. The van der Waals surface area contributed by atoms with Gasteiger partial charge in [0.15, 0.2) is 14.1 Å². The SMILES string of the molecule is COC(=O)[C@]1(CO[Si](C)(C)C(C)(C)C)NC(=O)C(C)C1=O. The van der Waals surface area contributed by atoms with Crippen LogP contribution in [0.4, 0.5) is 0 Å². The van der Waals surface area contributed by atoms with Gasteiger partial charge in [0.25, 0.3) is 0 Å². The van der Waals surface area contributed by atoms with Crippen molar-refractivity contribution in [2.24, 2.45) is 5.92 Å². The first kappa shape index (κ1) is 17.8. The molecule has 1 unspecified atom stereocenters. The number of hydrogen-bond donors (Lipinski definition) is 1. The van der Waals surface area contributed by atoms with E-state index in [-0.39, 0.29) is 11.6 Å². The molecule has 0 saturated carbocycles. The fraction of sp³-hybridized carbons (Fsp3) is 0.786. The van der Waals surface area contributed by atoms with Crippen molar-refractivity contribution in [3.8, 4) is 0 Å². The van der Waals surface area contributed by atoms with Gasteiger partial charge in [-0.05, 0) is 25.1 Å². The lowest BCUT2D eigenvalue weighted by molar-refractivity contribution is -0.154. The molecule has 0 radical (unpaired) electrons. The molecule has 1 saturated heterocycles. The minimum Gasteiger partial charge on any atom is -0.467 e. The highest BCUT2D eigenvalue weighted by molar-refractivity contribution is 6.74. The van der Waals surface area contributed by atoms with Crippen LogP contribution in [-0.4, -0.2) is 45.2 Å². The van der Waals surface area contributed by atoms with Crippen molar-refractivity contribution in [2.45, 2.75) is 51.4 Å². The highest BCUT2D eigenvalue weighted by Gasteiger charge is 2.58. The molecule has 1 N–H and O–H groups in total. The van der Waals surface area contributed by atoms with Crippen molar-refractivity contribution in [3.63, 3.8) is 0 Å². The lowest BCUT2D eigenvalue weighted by Crippen LogP contribution is -2.60. The predicted octanol–water partition coefficient (Wildman–Crippen LogP) is 1.25. The Balaban J connectivity index is 3.06. The van der Waals surface area contributed by atoms with Crippen molar-refractivity contribution in [1.82, 2.24) is 5.32 Å². The maximum atomic E-state index is 12.4. The number of methoxy groups -OCH3 is 1. The summed E-state index contributed by atoms with van der Waals surface area (Å²) >= 11 is 0. The van der Waals surface area contributed by atoms with Crippen LogP contribution < -0.4 is 5.32 Å². The number of amides is 1. The van der Waals surface area contributed by atoms with Gasteiger partial charge in [-0.1, -0.05) is 20.8 Å². The molecule has 120 valence electrons. The highest BCUT2D eigenvalue weighted by atomic mass is 28.4. The first-order valence-corrected chi connectivity index (χ1v) is 9.88. The van der Waals surface area contributed by atoms with Gasteiger partial charge in [0, 0.05) is 0 Å². The van der Waals surface area contributed by atoms with E-state index >= 15 is 0 Å². The fourth-order valence-corrected chi connectivity index (χ4v) is 2.88. The number of Topliss-reactive ketones (excluding diaryl/α,β-unsaturated/α-hetero) is 1. The lowest BCUT2D eigenvalue weighted by atomic mass is 9.93. The average molecular weight is 315 g/mol. The third kappa shape index (κ3) is 3.03. The molecule has 21 heavy (non-hydrogen) atoms. The molecule has 0 spiro atoms. The number of nitrogens with one attached hydrogen (secondary N) is 1. The quantitative estimate of drug-likeness (QED) is 0.480. The molecule has 6 nitrogen and oxygen atoms in total. The van der Waals surface area contributed by atoms with E-state index in [9.17, 15) is 14.4 Å². The molecule has 1 amide bonds. The van der Waals surface area contributed by atoms with Crippen molar-refractivity contribution in [1.29, 1.82) is 0 Å². The summed E-state index contributed by atoms with van der Waals surface area (Å²) in [5, 5.41) is 2.41. The molecular formula is C14H25NO5Si. The first-order valence-electron chi connectivity index (χ1n) is 6.98. The number of hydrogen-bond acceptors (Lipinski definition) is 5. The third-order valence-corrected chi connectivity index (χ3v) is 9.01. The number of carbonyl (C=O) groups excluding carboxylic acids is 3. The zero-order valence-electron chi connectivity index (χ0n) is 13.8. The predicted molar refractivity (Wildman–Crippen MR) is 80.2 cm³/mol. The summed E-state index contributed by atoms with van der Waals surface area (Å²) < 4.78 is 10.7. The average Bonchev–Trinajstić information content (AvgIpc) is 2.59. The molecule has 1 rings (SSSR count). The molecular weight excluding hydrogens is 290 g/mol. The molecule has 1 fully saturated rings. The van der Waals surface area contributed by atoms with Crippen LogP contribution >= 0.6 is 0 Å². The third-order valence-electron chi connectivity index (χ3n) is 4.53. The number of ketones is 1. The van der Waals surface area contributed by atoms with Gasteiger partial charge in [-0.15, -0.1) is 0 Å². The Morgan fingerprint density at radius 3 is 2.19 bits per heavy atom. The largest absolute Gasteiger partial charge is 0.467 e. The van der Waals surface area contributed by atoms with E-state index < -0.39 is 37.4 Å². The molecule has 1 aliphatic heterocycles. The number of carbonyl (C=O) groups is 3. The van der Waals surface area contributed by atoms with Crippen LogP contribution in [0, 0.1) is 5.92 Å². The van der Waals surface area contributed by atoms with Crippen LogP contribution in [0.25, 0.3) is 0 Å². The maximum Gasteiger partial charge on any atom is 0.341 e. The molecule has 1 aliphatic rings. The molecule has 7 heteroatoms. The molecule has 0 aromatic rings. The topological polar surface area (TPSA) is 81.7 Å². The van der Waals surface area contributed by atoms with Gasteiger partial charge in [0.05, 0.1) is 19.6 Å². The van der Waals surface area contributed by atoms with Gasteiger partial charge < -0.3 is 14.5 Å². The Kier molecular flexibility index (Phi) is 4.70. The van der Waals surface area contributed by atoms with Crippen molar-refractivity contribution in [2.75, 3.05) is 13.7 Å². The van der Waals surface area contributed by atoms with Crippen LogP contribution in [0.3, 0.4) is 0 Å². The van der Waals surface area contributed by atoms with Gasteiger partial charge in [0.1, 0.15) is 0 Å². The Labute approximate surface area is 126 Å². The summed E-state index contributed by atoms with van der Waals surface area (Å²) in [5.41, 5.74) is -1.71. The van der Waals surface area contributed by atoms with Gasteiger partial charge >= 0.3 is 5.97 Å². The lowest BCUT2D eigenvalue weighted by Gasteiger charge is -2.38. The van der Waals surface area contributed by atoms with E-state index in [4.69, 9.17) is 9.16 Å². The minimum atomic E-state index is -2.16. The second kappa shape index (κ2) is 5.53. The highest BCUT2D eigenvalue weighted by Crippen LogP contribution is 2.37. The van der Waals surface area contributed by atoms with Gasteiger partial charge in [-0.2, -0.15) is 0 Å². The fourth-order valence-electron chi connectivity index (χ4n) is 1.87. The number of esters is 1.